The smallest absolute Gasteiger partial charge is 0.147 e. The molecule has 2 saturated carbocycles. The summed E-state index contributed by atoms with van der Waals surface area (Å²) >= 11 is 0. The molecule has 1 spiro atoms. The van der Waals surface area contributed by atoms with Crippen molar-refractivity contribution in [1.82, 2.24) is 0 Å². The molecule has 0 aromatic heterocycles. The molecule has 1 unspecified atom stereocenters. The van der Waals surface area contributed by atoms with E-state index in [1.54, 1.807) is 0 Å². The SMILES string of the molecule is C=C1CC2(CC1C)C(=O)CC(C)(C)CC2=O. The normalized spacial score (nSPS) is 32.4. The Bertz CT molecular complexity index is 356. The van der Waals surface area contributed by atoms with Crippen molar-refractivity contribution in [2.24, 2.45) is 16.7 Å². The summed E-state index contributed by atoms with van der Waals surface area (Å²) in [6.45, 7) is 10.1. The van der Waals surface area contributed by atoms with Crippen molar-refractivity contribution in [3.05, 3.63) is 12.2 Å². The van der Waals surface area contributed by atoms with E-state index in [9.17, 15) is 9.59 Å². The quantitative estimate of drug-likeness (QED) is 0.464. The number of Topliss-reactive ketones (excluding diaryl/α,β-unsaturated/α-hetero) is 2. The summed E-state index contributed by atoms with van der Waals surface area (Å²) in [5, 5.41) is 0. The highest BCUT2D eigenvalue weighted by Gasteiger charge is 2.55. The molecule has 0 bridgehead atoms. The van der Waals surface area contributed by atoms with Crippen molar-refractivity contribution in [1.29, 1.82) is 0 Å². The fourth-order valence-electron chi connectivity index (χ4n) is 3.15. The second-order valence-corrected chi connectivity index (χ2v) is 6.39. The first-order valence-electron chi connectivity index (χ1n) is 6.01. The van der Waals surface area contributed by atoms with Crippen molar-refractivity contribution in [2.45, 2.75) is 46.5 Å². The van der Waals surface area contributed by atoms with Gasteiger partial charge in [0.2, 0.25) is 0 Å². The lowest BCUT2D eigenvalue weighted by Gasteiger charge is -2.38. The molecule has 0 heterocycles. The zero-order valence-electron chi connectivity index (χ0n) is 10.4. The van der Waals surface area contributed by atoms with Gasteiger partial charge >= 0.3 is 0 Å². The monoisotopic (exact) mass is 220 g/mol. The Labute approximate surface area is 97.1 Å². The molecule has 16 heavy (non-hydrogen) atoms. The largest absolute Gasteiger partial charge is 0.299 e. The van der Waals surface area contributed by atoms with Crippen LogP contribution in [0.1, 0.15) is 46.5 Å². The molecule has 0 saturated heterocycles. The van der Waals surface area contributed by atoms with Gasteiger partial charge < -0.3 is 0 Å². The van der Waals surface area contributed by atoms with Crippen LogP contribution < -0.4 is 0 Å². The van der Waals surface area contributed by atoms with Crippen LogP contribution in [0.5, 0.6) is 0 Å². The summed E-state index contributed by atoms with van der Waals surface area (Å²) < 4.78 is 0. The number of carbonyl (C=O) groups excluding carboxylic acids is 2. The lowest BCUT2D eigenvalue weighted by molar-refractivity contribution is -0.147. The van der Waals surface area contributed by atoms with Gasteiger partial charge in [-0.15, -0.1) is 0 Å². The van der Waals surface area contributed by atoms with Crippen LogP contribution in [0.2, 0.25) is 0 Å². The van der Waals surface area contributed by atoms with Crippen LogP contribution in [0.15, 0.2) is 12.2 Å². The topological polar surface area (TPSA) is 34.1 Å². The summed E-state index contributed by atoms with van der Waals surface area (Å²) in [6.07, 6.45) is 2.37. The van der Waals surface area contributed by atoms with Gasteiger partial charge in [-0.2, -0.15) is 0 Å². The highest BCUT2D eigenvalue weighted by atomic mass is 16.2. The third-order valence-corrected chi connectivity index (χ3v) is 4.23. The fourth-order valence-corrected chi connectivity index (χ4v) is 3.15. The van der Waals surface area contributed by atoms with Crippen LogP contribution in [0.3, 0.4) is 0 Å². The molecule has 2 fully saturated rings. The van der Waals surface area contributed by atoms with Gasteiger partial charge in [-0.05, 0) is 24.2 Å². The van der Waals surface area contributed by atoms with Crippen molar-refractivity contribution < 1.29 is 9.59 Å². The molecule has 1 atom stereocenters. The molecule has 0 aromatic rings. The first kappa shape index (κ1) is 11.6. The van der Waals surface area contributed by atoms with Gasteiger partial charge in [-0.3, -0.25) is 9.59 Å². The highest BCUT2D eigenvalue weighted by molar-refractivity contribution is 6.10. The molecule has 0 N–H and O–H groups in total. The number of ketones is 2. The minimum atomic E-state index is -0.688. The molecule has 0 aromatic carbocycles. The van der Waals surface area contributed by atoms with Gasteiger partial charge in [-0.1, -0.05) is 32.9 Å². The Balaban J connectivity index is 2.33. The predicted molar refractivity (Wildman–Crippen MR) is 63.0 cm³/mol. The van der Waals surface area contributed by atoms with Crippen molar-refractivity contribution in [2.75, 3.05) is 0 Å². The van der Waals surface area contributed by atoms with E-state index in [-0.39, 0.29) is 17.0 Å². The minimum Gasteiger partial charge on any atom is -0.299 e. The first-order chi connectivity index (χ1) is 7.27. The van der Waals surface area contributed by atoms with Gasteiger partial charge in [0, 0.05) is 12.8 Å². The van der Waals surface area contributed by atoms with Crippen LogP contribution in [-0.2, 0) is 9.59 Å². The summed E-state index contributed by atoms with van der Waals surface area (Å²) in [7, 11) is 0. The van der Waals surface area contributed by atoms with Crippen LogP contribution in [0, 0.1) is 16.7 Å². The zero-order valence-corrected chi connectivity index (χ0v) is 10.4. The molecule has 0 amide bonds. The Morgan fingerprint density at radius 3 is 2.00 bits per heavy atom. The van der Waals surface area contributed by atoms with Gasteiger partial charge in [0.05, 0.1) is 5.41 Å². The van der Waals surface area contributed by atoms with E-state index in [1.165, 1.54) is 0 Å². The number of allylic oxidation sites excluding steroid dienone is 1. The molecule has 2 nitrogen and oxygen atoms in total. The van der Waals surface area contributed by atoms with Crippen LogP contribution >= 0.6 is 0 Å². The Morgan fingerprint density at radius 2 is 1.62 bits per heavy atom. The minimum absolute atomic E-state index is 0.146. The average molecular weight is 220 g/mol. The maximum absolute atomic E-state index is 12.3. The molecule has 88 valence electrons. The molecule has 2 aliphatic carbocycles. The molecule has 2 rings (SSSR count). The average Bonchev–Trinajstić information content (AvgIpc) is 2.40. The van der Waals surface area contributed by atoms with E-state index in [0.29, 0.717) is 31.6 Å². The number of rotatable bonds is 0. The molecular formula is C14H20O2. The third-order valence-electron chi connectivity index (χ3n) is 4.23. The number of hydrogen-bond donors (Lipinski definition) is 0. The van der Waals surface area contributed by atoms with Crippen molar-refractivity contribution in [3.8, 4) is 0 Å². The maximum atomic E-state index is 12.3. The number of hydrogen-bond acceptors (Lipinski definition) is 2. The second kappa shape index (κ2) is 3.28. The predicted octanol–water partition coefficient (Wildman–Crippen LogP) is 2.92. The molecular weight excluding hydrogens is 200 g/mol. The second-order valence-electron chi connectivity index (χ2n) is 6.39. The van der Waals surface area contributed by atoms with Crippen molar-refractivity contribution >= 4 is 11.6 Å². The van der Waals surface area contributed by atoms with Crippen LogP contribution in [0.4, 0.5) is 0 Å². The standard InChI is InChI=1S/C14H20O2/c1-9-5-14(6-10(9)2)11(15)7-13(3,4)8-12(14)16/h10H,1,5-8H2,2-4H3. The zero-order chi connectivity index (χ0) is 12.1. The molecule has 0 aliphatic heterocycles. The fraction of sp³-hybridized carbons (Fsp3) is 0.714. The summed E-state index contributed by atoms with van der Waals surface area (Å²) in [4.78, 5) is 24.5. The van der Waals surface area contributed by atoms with E-state index in [4.69, 9.17) is 0 Å². The van der Waals surface area contributed by atoms with E-state index in [1.807, 2.05) is 13.8 Å². The summed E-state index contributed by atoms with van der Waals surface area (Å²) in [5.74, 6) is 0.618. The maximum Gasteiger partial charge on any atom is 0.147 e. The molecule has 2 heteroatoms. The molecule has 0 radical (unpaired) electrons. The van der Waals surface area contributed by atoms with Gasteiger partial charge in [-0.25, -0.2) is 0 Å². The van der Waals surface area contributed by atoms with E-state index < -0.39 is 5.41 Å². The lowest BCUT2D eigenvalue weighted by atomic mass is 9.62. The van der Waals surface area contributed by atoms with Crippen LogP contribution in [-0.4, -0.2) is 11.6 Å². The van der Waals surface area contributed by atoms with Gasteiger partial charge in [0.15, 0.2) is 0 Å². The number of carbonyl (C=O) groups is 2. The summed E-state index contributed by atoms with van der Waals surface area (Å²) in [6, 6.07) is 0. The molecule has 2 aliphatic rings. The Morgan fingerprint density at radius 1 is 1.12 bits per heavy atom. The highest BCUT2D eigenvalue weighted by Crippen LogP contribution is 2.52. The lowest BCUT2D eigenvalue weighted by Crippen LogP contribution is -2.46. The summed E-state index contributed by atoms with van der Waals surface area (Å²) in [5.41, 5.74) is 0.236. The Hall–Kier alpha value is -0.920. The van der Waals surface area contributed by atoms with Crippen LogP contribution in [0.25, 0.3) is 0 Å². The van der Waals surface area contributed by atoms with E-state index >= 15 is 0 Å². The van der Waals surface area contributed by atoms with E-state index in [0.717, 1.165) is 5.57 Å². The van der Waals surface area contributed by atoms with E-state index in [2.05, 4.69) is 13.5 Å². The van der Waals surface area contributed by atoms with Gasteiger partial charge in [0.1, 0.15) is 11.6 Å². The first-order valence-corrected chi connectivity index (χ1v) is 6.01. The third kappa shape index (κ3) is 1.55. The van der Waals surface area contributed by atoms with Gasteiger partial charge in [0.25, 0.3) is 0 Å². The Kier molecular flexibility index (Phi) is 2.37. The van der Waals surface area contributed by atoms with Crippen molar-refractivity contribution in [3.63, 3.8) is 0 Å².